The van der Waals surface area contributed by atoms with Gasteiger partial charge in [-0.1, -0.05) is 109 Å². The lowest BCUT2D eigenvalue weighted by Gasteiger charge is -2.27. The van der Waals surface area contributed by atoms with Gasteiger partial charge in [0, 0.05) is 11.8 Å². The van der Waals surface area contributed by atoms with Gasteiger partial charge in [-0.05, 0) is 51.8 Å². The maximum absolute atomic E-state index is 10.1. The van der Waals surface area contributed by atoms with Gasteiger partial charge in [0.1, 0.15) is 17.7 Å². The first-order valence-electron chi connectivity index (χ1n) is 11.6. The van der Waals surface area contributed by atoms with Crippen LogP contribution in [0.3, 0.4) is 0 Å². The van der Waals surface area contributed by atoms with Crippen molar-refractivity contribution in [2.45, 2.75) is 18.8 Å². The highest BCUT2D eigenvalue weighted by Crippen LogP contribution is 2.58. The molecule has 0 fully saturated rings. The van der Waals surface area contributed by atoms with Gasteiger partial charge in [-0.15, -0.1) is 0 Å². The van der Waals surface area contributed by atoms with Crippen LogP contribution in [-0.2, 0) is 0 Å². The molecule has 0 bridgehead atoms. The molecule has 5 rings (SSSR count). The molecule has 2 atom stereocenters. The van der Waals surface area contributed by atoms with Crippen molar-refractivity contribution >= 4 is 11.1 Å². The number of rotatable bonds is 4. The van der Waals surface area contributed by atoms with Crippen molar-refractivity contribution in [3.05, 3.63) is 143 Å². The van der Waals surface area contributed by atoms with Crippen LogP contribution in [0.4, 0.5) is 0 Å². The van der Waals surface area contributed by atoms with E-state index in [1.807, 2.05) is 42.5 Å². The zero-order valence-electron chi connectivity index (χ0n) is 18.9. The van der Waals surface area contributed by atoms with Gasteiger partial charge in [0.25, 0.3) is 0 Å². The van der Waals surface area contributed by atoms with Crippen molar-refractivity contribution in [1.82, 2.24) is 0 Å². The first-order valence-corrected chi connectivity index (χ1v) is 11.6. The Morgan fingerprint density at radius 1 is 0.676 bits per heavy atom. The Kier molecular flexibility index (Phi) is 6.07. The topological polar surface area (TPSA) is 47.6 Å². The lowest BCUT2D eigenvalue weighted by molar-refractivity contribution is 0.694. The smallest absolute Gasteiger partial charge is 0.134 e. The first-order chi connectivity index (χ1) is 16.8. The summed E-state index contributed by atoms with van der Waals surface area (Å²) in [6.45, 7) is 0. The summed E-state index contributed by atoms with van der Waals surface area (Å²) in [6.07, 6.45) is 8.82. The molecule has 2 aliphatic carbocycles. The Bertz CT molecular complexity index is 1380. The van der Waals surface area contributed by atoms with Crippen LogP contribution in [0, 0.1) is 28.6 Å². The molecule has 0 saturated heterocycles. The van der Waals surface area contributed by atoms with E-state index in [-0.39, 0.29) is 17.4 Å². The van der Waals surface area contributed by atoms with Crippen LogP contribution in [0.15, 0.2) is 126 Å². The summed E-state index contributed by atoms with van der Waals surface area (Å²) in [7, 11) is 0. The van der Waals surface area contributed by atoms with Crippen LogP contribution in [0.25, 0.3) is 11.1 Å². The molecule has 34 heavy (non-hydrogen) atoms. The number of nitriles is 2. The third-order valence-corrected chi connectivity index (χ3v) is 6.68. The van der Waals surface area contributed by atoms with Crippen molar-refractivity contribution in [1.29, 1.82) is 10.5 Å². The SMILES string of the molecule is N#CC(C#N)=C1C(c2ccccc2)=C(c2ccccc2)C(C2=CCCC=C2)C1c1ccccc1. The molecule has 0 spiro atoms. The molecule has 162 valence electrons. The van der Waals surface area contributed by atoms with Crippen molar-refractivity contribution in [2.75, 3.05) is 0 Å². The van der Waals surface area contributed by atoms with Gasteiger partial charge in [0.2, 0.25) is 0 Å². The molecule has 2 heteroatoms. The van der Waals surface area contributed by atoms with E-state index < -0.39 is 0 Å². The molecule has 3 aromatic carbocycles. The maximum Gasteiger partial charge on any atom is 0.134 e. The highest BCUT2D eigenvalue weighted by Gasteiger charge is 2.43. The van der Waals surface area contributed by atoms with E-state index in [4.69, 9.17) is 0 Å². The molecule has 2 unspecified atom stereocenters. The fourth-order valence-electron chi connectivity index (χ4n) is 5.32. The summed E-state index contributed by atoms with van der Waals surface area (Å²) >= 11 is 0. The minimum atomic E-state index is -0.130. The highest BCUT2D eigenvalue weighted by molar-refractivity contribution is 6.06. The summed E-state index contributed by atoms with van der Waals surface area (Å²) < 4.78 is 0. The third kappa shape index (κ3) is 3.81. The van der Waals surface area contributed by atoms with E-state index in [1.165, 1.54) is 11.1 Å². The average Bonchev–Trinajstić information content (AvgIpc) is 3.27. The first kappa shape index (κ1) is 21.4. The fourth-order valence-corrected chi connectivity index (χ4v) is 5.32. The maximum atomic E-state index is 10.1. The molecule has 0 N–H and O–H groups in total. The Hall–Kier alpha value is -4.40. The van der Waals surface area contributed by atoms with Gasteiger partial charge in [0.05, 0.1) is 0 Å². The largest absolute Gasteiger partial charge is 0.192 e. The van der Waals surface area contributed by atoms with Gasteiger partial charge in [-0.2, -0.15) is 10.5 Å². The lowest BCUT2D eigenvalue weighted by atomic mass is 9.75. The lowest BCUT2D eigenvalue weighted by Crippen LogP contribution is -2.14. The molecule has 0 saturated carbocycles. The molecule has 0 aromatic heterocycles. The molecule has 0 amide bonds. The second-order valence-corrected chi connectivity index (χ2v) is 8.58. The number of benzene rings is 3. The number of hydrogen-bond acceptors (Lipinski definition) is 2. The molecule has 2 aliphatic rings. The molecule has 3 aromatic rings. The predicted octanol–water partition coefficient (Wildman–Crippen LogP) is 7.63. The number of nitrogens with zero attached hydrogens (tertiary/aromatic N) is 2. The third-order valence-electron chi connectivity index (χ3n) is 6.68. The Morgan fingerprint density at radius 2 is 1.26 bits per heavy atom. The predicted molar refractivity (Wildman–Crippen MR) is 137 cm³/mol. The van der Waals surface area contributed by atoms with Crippen LogP contribution >= 0.6 is 0 Å². The summed E-state index contributed by atoms with van der Waals surface area (Å²) in [5, 5.41) is 20.2. The van der Waals surface area contributed by atoms with E-state index in [0.29, 0.717) is 0 Å². The molecule has 0 aliphatic heterocycles. The fraction of sp³-hybridized carbons (Fsp3) is 0.125. The van der Waals surface area contributed by atoms with Crippen molar-refractivity contribution in [3.63, 3.8) is 0 Å². The zero-order chi connectivity index (χ0) is 23.3. The van der Waals surface area contributed by atoms with E-state index >= 15 is 0 Å². The van der Waals surface area contributed by atoms with E-state index in [1.54, 1.807) is 0 Å². The summed E-state index contributed by atoms with van der Waals surface area (Å²) in [5.41, 5.74) is 7.71. The van der Waals surface area contributed by atoms with Crippen molar-refractivity contribution in [2.24, 2.45) is 5.92 Å². The standard InChI is InChI=1S/C32H24N2/c33-21-27(22-34)32-30(25-17-9-3-10-18-25)28(23-13-5-1-6-14-23)29(24-15-7-2-8-16-24)31(32)26-19-11-4-12-20-26/h1,3-7,9-20,29,31H,2,8H2. The normalized spacial score (nSPS) is 19.4. The second kappa shape index (κ2) is 9.62. The van der Waals surface area contributed by atoms with E-state index in [9.17, 15) is 10.5 Å². The van der Waals surface area contributed by atoms with Crippen molar-refractivity contribution in [3.8, 4) is 12.1 Å². The van der Waals surface area contributed by atoms with Gasteiger partial charge >= 0.3 is 0 Å². The van der Waals surface area contributed by atoms with Crippen LogP contribution in [0.2, 0.25) is 0 Å². The summed E-state index contributed by atoms with van der Waals surface area (Å²) in [4.78, 5) is 0. The molecular formula is C32H24N2. The van der Waals surface area contributed by atoms with Gasteiger partial charge < -0.3 is 0 Å². The van der Waals surface area contributed by atoms with Crippen LogP contribution in [-0.4, -0.2) is 0 Å². The highest BCUT2D eigenvalue weighted by atomic mass is 14.5. The van der Waals surface area contributed by atoms with Gasteiger partial charge in [-0.3, -0.25) is 0 Å². The minimum Gasteiger partial charge on any atom is -0.192 e. The Morgan fingerprint density at radius 3 is 1.82 bits per heavy atom. The molecular weight excluding hydrogens is 412 g/mol. The summed E-state index contributed by atoms with van der Waals surface area (Å²) in [6, 6.07) is 35.4. The molecule has 2 nitrogen and oxygen atoms in total. The zero-order valence-corrected chi connectivity index (χ0v) is 18.9. The number of allylic oxidation sites excluding steroid dienone is 8. The van der Waals surface area contributed by atoms with Crippen LogP contribution in [0.1, 0.15) is 35.4 Å². The van der Waals surface area contributed by atoms with E-state index in [0.717, 1.165) is 40.7 Å². The summed E-state index contributed by atoms with van der Waals surface area (Å²) in [5.74, 6) is -0.127. The Labute approximate surface area is 201 Å². The second-order valence-electron chi connectivity index (χ2n) is 8.58. The van der Waals surface area contributed by atoms with Gasteiger partial charge in [-0.25, -0.2) is 0 Å². The van der Waals surface area contributed by atoms with E-state index in [2.05, 4.69) is 78.9 Å². The monoisotopic (exact) mass is 436 g/mol. The minimum absolute atomic E-state index is 0.00301. The quantitative estimate of drug-likeness (QED) is 0.395. The van der Waals surface area contributed by atoms with Crippen molar-refractivity contribution < 1.29 is 0 Å². The van der Waals surface area contributed by atoms with Crippen LogP contribution < -0.4 is 0 Å². The Balaban J connectivity index is 1.92. The van der Waals surface area contributed by atoms with Gasteiger partial charge in [0.15, 0.2) is 0 Å². The van der Waals surface area contributed by atoms with Crippen LogP contribution in [0.5, 0.6) is 0 Å². The average molecular weight is 437 g/mol. The number of hydrogen-bond donors (Lipinski definition) is 0. The molecule has 0 heterocycles. The molecule has 0 radical (unpaired) electrons.